The molecule has 3 aromatic carbocycles. The molecule has 1 amide bonds. The van der Waals surface area contributed by atoms with Gasteiger partial charge in [-0.25, -0.2) is 14.6 Å². The topological polar surface area (TPSA) is 224 Å². The summed E-state index contributed by atoms with van der Waals surface area (Å²) in [5.41, 5.74) is 12.9. The fourth-order valence-electron chi connectivity index (χ4n) is 4.62. The van der Waals surface area contributed by atoms with Crippen LogP contribution in [0, 0.1) is 0 Å². The van der Waals surface area contributed by atoms with Crippen LogP contribution >= 0.6 is 0 Å². The van der Waals surface area contributed by atoms with E-state index in [1.54, 1.807) is 12.1 Å². The smallest absolute Gasteiger partial charge is 0.343 e. The van der Waals surface area contributed by atoms with E-state index in [0.29, 0.717) is 29.7 Å². The summed E-state index contributed by atoms with van der Waals surface area (Å²) in [5.74, 6) is -4.35. The van der Waals surface area contributed by atoms with E-state index in [9.17, 15) is 34.5 Å². The molecule has 0 aromatic heterocycles. The van der Waals surface area contributed by atoms with Gasteiger partial charge in [-0.05, 0) is 72.4 Å². The first-order valence-electron chi connectivity index (χ1n) is 13.3. The number of nitrogens with zero attached hydrogens (tertiary/aromatic N) is 1. The number of carbonyl (C=O) groups is 4. The highest BCUT2D eigenvalue weighted by Crippen LogP contribution is 2.37. The van der Waals surface area contributed by atoms with Gasteiger partial charge >= 0.3 is 17.9 Å². The second kappa shape index (κ2) is 13.4. The molecule has 13 heteroatoms. The Balaban J connectivity index is 1.71. The zero-order chi connectivity index (χ0) is 31.1. The lowest BCUT2D eigenvalue weighted by molar-refractivity contribution is -0.139. The summed E-state index contributed by atoms with van der Waals surface area (Å²) < 4.78 is 11.6. The van der Waals surface area contributed by atoms with E-state index in [0.717, 1.165) is 0 Å². The van der Waals surface area contributed by atoms with Crippen molar-refractivity contribution >= 4 is 35.5 Å². The van der Waals surface area contributed by atoms with Gasteiger partial charge in [-0.15, -0.1) is 0 Å². The molecule has 0 bridgehead atoms. The van der Waals surface area contributed by atoms with Gasteiger partial charge in [0, 0.05) is 12.8 Å². The van der Waals surface area contributed by atoms with Crippen molar-refractivity contribution in [3.63, 3.8) is 0 Å². The number of hydrogen-bond donors (Lipinski definition) is 6. The number of rotatable bonds is 9. The minimum absolute atomic E-state index is 0.000804. The number of aliphatic carboxylic acids is 2. The average Bonchev–Trinajstić information content (AvgIpc) is 2.95. The first kappa shape index (κ1) is 30.4. The van der Waals surface area contributed by atoms with Gasteiger partial charge in [-0.2, -0.15) is 0 Å². The highest BCUT2D eigenvalue weighted by Gasteiger charge is 2.29. The summed E-state index contributed by atoms with van der Waals surface area (Å²) in [5, 5.41) is 31.1. The molecular weight excluding hydrogens is 560 g/mol. The van der Waals surface area contributed by atoms with Gasteiger partial charge in [0.05, 0.1) is 23.4 Å². The maximum Gasteiger partial charge on any atom is 0.343 e. The van der Waals surface area contributed by atoms with Crippen molar-refractivity contribution in [2.24, 2.45) is 16.5 Å². The number of hydrogen-bond acceptors (Lipinski definition) is 8. The number of ether oxygens (including phenoxy) is 2. The van der Waals surface area contributed by atoms with Crippen LogP contribution in [-0.2, 0) is 28.9 Å². The van der Waals surface area contributed by atoms with Crippen molar-refractivity contribution in [2.75, 3.05) is 6.61 Å². The molecule has 0 radical (unpaired) electrons. The Morgan fingerprint density at radius 2 is 1.77 bits per heavy atom. The zero-order valence-corrected chi connectivity index (χ0v) is 22.9. The predicted molar refractivity (Wildman–Crippen MR) is 154 cm³/mol. The molecule has 0 spiro atoms. The number of aliphatic imine (C=N–C) groups is 1. The van der Waals surface area contributed by atoms with Crippen LogP contribution in [0.3, 0.4) is 0 Å². The first-order chi connectivity index (χ1) is 20.5. The average molecular weight is 591 g/mol. The number of phenolic OH excluding ortho intramolecular Hbond substituents is 1. The third-order valence-electron chi connectivity index (χ3n) is 6.63. The number of benzene rings is 3. The van der Waals surface area contributed by atoms with Gasteiger partial charge in [-0.1, -0.05) is 18.2 Å². The van der Waals surface area contributed by atoms with Gasteiger partial charge in [0.1, 0.15) is 11.8 Å². The molecule has 0 fully saturated rings. The minimum Gasteiger partial charge on any atom is -0.508 e. The van der Waals surface area contributed by atoms with E-state index >= 15 is 0 Å². The maximum atomic E-state index is 13.7. The molecular formula is C30H30N4O9. The van der Waals surface area contributed by atoms with Crippen LogP contribution in [0.25, 0.3) is 0 Å². The van der Waals surface area contributed by atoms with E-state index in [2.05, 4.69) is 10.3 Å². The highest BCUT2D eigenvalue weighted by molar-refractivity contribution is 6.02. The number of aryl methyl sites for hydroxylation is 2. The van der Waals surface area contributed by atoms with Crippen LogP contribution in [0.15, 0.2) is 59.6 Å². The van der Waals surface area contributed by atoms with Crippen LogP contribution in [0.1, 0.15) is 50.2 Å². The number of nitrogens with two attached hydrogens (primary N) is 2. The van der Waals surface area contributed by atoms with E-state index < -0.39 is 29.9 Å². The monoisotopic (exact) mass is 590 g/mol. The number of carboxylic acids is 2. The molecule has 1 aliphatic heterocycles. The number of esters is 1. The van der Waals surface area contributed by atoms with E-state index in [-0.39, 0.29) is 65.8 Å². The fraction of sp³-hybridized carbons (Fsp3) is 0.233. The molecule has 4 rings (SSSR count). The number of carbonyl (C=O) groups excluding carboxylic acids is 2. The van der Waals surface area contributed by atoms with Gasteiger partial charge in [-0.3, -0.25) is 9.59 Å². The fourth-order valence-corrected chi connectivity index (χ4v) is 4.62. The van der Waals surface area contributed by atoms with Crippen molar-refractivity contribution in [3.8, 4) is 17.2 Å². The number of guanidine groups is 1. The van der Waals surface area contributed by atoms with Crippen molar-refractivity contribution in [3.05, 3.63) is 82.4 Å². The van der Waals surface area contributed by atoms with Crippen molar-refractivity contribution in [1.82, 2.24) is 5.32 Å². The van der Waals surface area contributed by atoms with Crippen LogP contribution in [0.4, 0.5) is 5.69 Å². The Labute approximate surface area is 245 Å². The summed E-state index contributed by atoms with van der Waals surface area (Å²) in [7, 11) is 0. The SMILES string of the molecule is NC(N)=Nc1ccc2c(c1)CCCOc1c(ccc(CCC(=O)O)c1C(=O)NC(Cc1ccc(O)cc1)C(=O)O)OC2=O. The molecule has 224 valence electrons. The third kappa shape index (κ3) is 7.79. The molecule has 0 saturated heterocycles. The molecule has 13 nitrogen and oxygen atoms in total. The highest BCUT2D eigenvalue weighted by atomic mass is 16.6. The second-order valence-electron chi connectivity index (χ2n) is 9.78. The standard InChI is InChI=1S/C30H30N4O9/c31-30(32)33-19-7-10-21-18(15-19)2-1-13-42-26-23(43-29(21)41)11-5-17(6-12-24(36)37)25(26)27(38)34-22(28(39)40)14-16-3-8-20(35)9-4-16/h3-5,7-11,15,22,35H,1-2,6,12-14H2,(H,34,38)(H,36,37)(H,39,40)(H4,31,32,33). The lowest BCUT2D eigenvalue weighted by Gasteiger charge is -2.22. The third-order valence-corrected chi connectivity index (χ3v) is 6.63. The van der Waals surface area contributed by atoms with Crippen molar-refractivity contribution in [1.29, 1.82) is 0 Å². The summed E-state index contributed by atoms with van der Waals surface area (Å²) in [6.45, 7) is 0.0784. The lowest BCUT2D eigenvalue weighted by atomic mass is 9.98. The van der Waals surface area contributed by atoms with Crippen molar-refractivity contribution < 1.29 is 44.0 Å². The number of aromatic hydroxyl groups is 1. The largest absolute Gasteiger partial charge is 0.508 e. The van der Waals surface area contributed by atoms with E-state index in [1.807, 2.05) is 0 Å². The quantitative estimate of drug-likeness (QED) is 0.0917. The molecule has 3 aromatic rings. The van der Waals surface area contributed by atoms with Crippen LogP contribution in [-0.4, -0.2) is 57.7 Å². The Morgan fingerprint density at radius 3 is 2.44 bits per heavy atom. The van der Waals surface area contributed by atoms with Crippen LogP contribution in [0.5, 0.6) is 17.2 Å². The Kier molecular flexibility index (Phi) is 9.45. The molecule has 1 aliphatic rings. The predicted octanol–water partition coefficient (Wildman–Crippen LogP) is 2.28. The van der Waals surface area contributed by atoms with E-state index in [4.69, 9.17) is 20.9 Å². The molecule has 1 heterocycles. The molecule has 1 atom stereocenters. The van der Waals surface area contributed by atoms with E-state index in [1.165, 1.54) is 42.5 Å². The minimum atomic E-state index is -1.38. The number of fused-ring (bicyclic) bond motifs is 2. The normalized spacial score (nSPS) is 13.3. The Bertz CT molecular complexity index is 1580. The van der Waals surface area contributed by atoms with Crippen LogP contribution in [0.2, 0.25) is 0 Å². The maximum absolute atomic E-state index is 13.7. The summed E-state index contributed by atoms with van der Waals surface area (Å²) in [6.07, 6.45) is 0.288. The van der Waals surface area contributed by atoms with Crippen LogP contribution < -0.4 is 26.3 Å². The molecule has 1 unspecified atom stereocenters. The van der Waals surface area contributed by atoms with Gasteiger partial charge in [0.25, 0.3) is 5.91 Å². The molecule has 43 heavy (non-hydrogen) atoms. The number of phenols is 1. The van der Waals surface area contributed by atoms with Gasteiger partial charge < -0.3 is 41.6 Å². The van der Waals surface area contributed by atoms with Gasteiger partial charge in [0.15, 0.2) is 17.5 Å². The lowest BCUT2D eigenvalue weighted by Crippen LogP contribution is -2.42. The van der Waals surface area contributed by atoms with Gasteiger partial charge in [0.2, 0.25) is 0 Å². The zero-order valence-electron chi connectivity index (χ0n) is 22.9. The summed E-state index contributed by atoms with van der Waals surface area (Å²) in [6, 6.07) is 12.1. The first-order valence-corrected chi connectivity index (χ1v) is 13.3. The summed E-state index contributed by atoms with van der Waals surface area (Å²) in [4.78, 5) is 54.4. The number of carboxylic acid groups (broad SMARTS) is 2. The molecule has 0 saturated carbocycles. The number of amides is 1. The molecule has 0 aliphatic carbocycles. The Hall–Kier alpha value is -5.59. The Morgan fingerprint density at radius 1 is 1.02 bits per heavy atom. The number of nitrogens with one attached hydrogen (secondary N) is 1. The second-order valence-corrected chi connectivity index (χ2v) is 9.78. The molecule has 8 N–H and O–H groups in total. The van der Waals surface area contributed by atoms with Crippen molar-refractivity contribution in [2.45, 2.75) is 38.1 Å². The summed E-state index contributed by atoms with van der Waals surface area (Å²) >= 11 is 0.